The monoisotopic (exact) mass is 329 g/mol. The number of nitrogens with zero attached hydrogens (tertiary/aromatic N) is 2. The molecule has 0 aromatic heterocycles. The summed E-state index contributed by atoms with van der Waals surface area (Å²) in [5.41, 5.74) is 3.60. The van der Waals surface area contributed by atoms with E-state index >= 15 is 0 Å². The summed E-state index contributed by atoms with van der Waals surface area (Å²) in [6, 6.07) is 0. The Hall–Kier alpha value is -1.18. The zero-order valence-electron chi connectivity index (χ0n) is 14.9. The van der Waals surface area contributed by atoms with Crippen LogP contribution in [0.25, 0.3) is 0 Å². The van der Waals surface area contributed by atoms with Crippen LogP contribution in [0.3, 0.4) is 0 Å². The molecular weight excluding hydrogens is 298 g/mol. The fraction of sp³-hybridized carbons (Fsp3) is 0.875. The Morgan fingerprint density at radius 1 is 1.52 bits per heavy atom. The van der Waals surface area contributed by atoms with E-state index in [-0.39, 0.29) is 5.54 Å². The third-order valence-electron chi connectivity index (χ3n) is 4.25. The zero-order valence-corrected chi connectivity index (χ0v) is 14.9. The van der Waals surface area contributed by atoms with E-state index in [1.54, 1.807) is 0 Å². The molecular formula is C16H31N3O4. The van der Waals surface area contributed by atoms with Gasteiger partial charge in [0.1, 0.15) is 0 Å². The second-order valence-electron chi connectivity index (χ2n) is 7.66. The van der Waals surface area contributed by atoms with Gasteiger partial charge in [-0.3, -0.25) is 19.3 Å². The van der Waals surface area contributed by atoms with E-state index in [2.05, 4.69) is 25.7 Å². The molecule has 7 heteroatoms. The van der Waals surface area contributed by atoms with Crippen molar-refractivity contribution >= 4 is 12.3 Å². The van der Waals surface area contributed by atoms with Gasteiger partial charge in [0, 0.05) is 12.1 Å². The van der Waals surface area contributed by atoms with Crippen molar-refractivity contribution in [1.82, 2.24) is 9.96 Å². The van der Waals surface area contributed by atoms with Gasteiger partial charge in [-0.15, -0.1) is 0 Å². The molecule has 1 aliphatic rings. The van der Waals surface area contributed by atoms with Crippen LogP contribution >= 0.6 is 0 Å². The van der Waals surface area contributed by atoms with Gasteiger partial charge in [-0.1, -0.05) is 13.8 Å². The minimum atomic E-state index is -1.47. The summed E-state index contributed by atoms with van der Waals surface area (Å²) in [6.45, 7) is 11.5. The molecule has 2 atom stereocenters. The molecule has 1 unspecified atom stereocenters. The van der Waals surface area contributed by atoms with E-state index in [0.29, 0.717) is 18.9 Å². The van der Waals surface area contributed by atoms with Crippen LogP contribution in [0.4, 0.5) is 0 Å². The highest BCUT2D eigenvalue weighted by Gasteiger charge is 2.41. The number of hydrogen-bond donors (Lipinski definition) is 2. The Bertz CT molecular complexity index is 422. The smallest absolute Gasteiger partial charge is 0.252 e. The Labute approximate surface area is 138 Å². The molecule has 1 fully saturated rings. The molecule has 0 aliphatic carbocycles. The molecule has 0 aromatic carbocycles. The maximum atomic E-state index is 11.5. The summed E-state index contributed by atoms with van der Waals surface area (Å²) in [7, 11) is 0. The van der Waals surface area contributed by atoms with Crippen molar-refractivity contribution in [3.05, 3.63) is 0 Å². The maximum Gasteiger partial charge on any atom is 0.252 e. The number of amides is 2. The average molecular weight is 329 g/mol. The lowest BCUT2D eigenvalue weighted by Crippen LogP contribution is -2.55. The number of hydroxylamine groups is 2. The van der Waals surface area contributed by atoms with Crippen LogP contribution in [0.15, 0.2) is 0 Å². The van der Waals surface area contributed by atoms with Crippen molar-refractivity contribution in [3.63, 3.8) is 0 Å². The summed E-state index contributed by atoms with van der Waals surface area (Å²) in [5, 5.41) is 11.1. The minimum absolute atomic E-state index is 0.215. The zero-order chi connectivity index (χ0) is 17.8. The predicted molar refractivity (Wildman–Crippen MR) is 87.2 cm³/mol. The van der Waals surface area contributed by atoms with Gasteiger partial charge in [-0.2, -0.15) is 0 Å². The summed E-state index contributed by atoms with van der Waals surface area (Å²) in [6.07, 6.45) is 1.26. The molecule has 3 N–H and O–H groups in total. The van der Waals surface area contributed by atoms with Crippen molar-refractivity contribution in [2.75, 3.05) is 19.6 Å². The highest BCUT2D eigenvalue weighted by molar-refractivity contribution is 5.80. The second kappa shape index (κ2) is 7.59. The molecule has 1 heterocycles. The summed E-state index contributed by atoms with van der Waals surface area (Å²) in [4.78, 5) is 30.7. The lowest BCUT2D eigenvalue weighted by molar-refractivity contribution is -0.230. The number of hydrogen-bond acceptors (Lipinski definition) is 5. The highest BCUT2D eigenvalue weighted by atomic mass is 16.7. The number of likely N-dealkylation sites (tertiary alicyclic amines) is 1. The molecule has 2 amide bonds. The number of rotatable bonds is 9. The van der Waals surface area contributed by atoms with E-state index in [1.807, 2.05) is 0 Å². The Morgan fingerprint density at radius 2 is 2.13 bits per heavy atom. The Balaban J connectivity index is 2.82. The van der Waals surface area contributed by atoms with Gasteiger partial charge < -0.3 is 10.8 Å². The van der Waals surface area contributed by atoms with Crippen LogP contribution in [0.5, 0.6) is 0 Å². The molecule has 134 valence electrons. The first-order valence-electron chi connectivity index (χ1n) is 8.15. The molecule has 0 aromatic rings. The number of carbonyl (C=O) groups is 2. The standard InChI is InChI=1S/C16H31N3O4/c1-12(2)9-18-8-6-7-16(18,5)10-19(11-20)23-13(14(17)21)15(3,4)22/h11-13,22H,6-10H2,1-5H3,(H2,17,21)/t13?,16-/m0/s1. The van der Waals surface area contributed by atoms with Gasteiger partial charge in [0.15, 0.2) is 6.10 Å². The van der Waals surface area contributed by atoms with Crippen molar-refractivity contribution in [1.29, 1.82) is 0 Å². The first kappa shape index (κ1) is 19.9. The SMILES string of the molecule is CC(C)CN1CCC[C@@]1(C)CN(C=O)OC(C(N)=O)C(C)(C)O. The van der Waals surface area contributed by atoms with Gasteiger partial charge in [0.05, 0.1) is 12.1 Å². The third-order valence-corrected chi connectivity index (χ3v) is 4.25. The highest BCUT2D eigenvalue weighted by Crippen LogP contribution is 2.31. The van der Waals surface area contributed by atoms with E-state index in [4.69, 9.17) is 10.6 Å². The van der Waals surface area contributed by atoms with Crippen LogP contribution in [-0.4, -0.2) is 64.3 Å². The number of primary amides is 1. The van der Waals surface area contributed by atoms with Gasteiger partial charge in [0.25, 0.3) is 5.91 Å². The molecule has 0 spiro atoms. The second-order valence-corrected chi connectivity index (χ2v) is 7.66. The molecule has 0 bridgehead atoms. The van der Waals surface area contributed by atoms with Crippen molar-refractivity contribution in [2.24, 2.45) is 11.7 Å². The minimum Gasteiger partial charge on any atom is -0.387 e. The van der Waals surface area contributed by atoms with Gasteiger partial charge in [-0.05, 0) is 46.1 Å². The van der Waals surface area contributed by atoms with Crippen LogP contribution in [0, 0.1) is 5.92 Å². The van der Waals surface area contributed by atoms with Crippen LogP contribution in [0.1, 0.15) is 47.5 Å². The van der Waals surface area contributed by atoms with Crippen molar-refractivity contribution in [2.45, 2.75) is 64.7 Å². The number of nitrogens with two attached hydrogens (primary N) is 1. The largest absolute Gasteiger partial charge is 0.387 e. The summed E-state index contributed by atoms with van der Waals surface area (Å²) >= 11 is 0. The number of aliphatic hydroxyl groups is 1. The van der Waals surface area contributed by atoms with E-state index in [9.17, 15) is 14.7 Å². The van der Waals surface area contributed by atoms with E-state index in [1.165, 1.54) is 13.8 Å². The fourth-order valence-corrected chi connectivity index (χ4v) is 3.11. The third kappa shape index (κ3) is 5.44. The molecule has 1 rings (SSSR count). The molecule has 1 saturated heterocycles. The molecule has 7 nitrogen and oxygen atoms in total. The van der Waals surface area contributed by atoms with Gasteiger partial charge in [0.2, 0.25) is 6.41 Å². The molecule has 0 radical (unpaired) electrons. The maximum absolute atomic E-state index is 11.5. The summed E-state index contributed by atoms with van der Waals surface area (Å²) in [5.74, 6) is -0.285. The number of carbonyl (C=O) groups excluding carboxylic acids is 2. The van der Waals surface area contributed by atoms with Crippen LogP contribution < -0.4 is 5.73 Å². The lowest BCUT2D eigenvalue weighted by atomic mass is 9.97. The average Bonchev–Trinajstić information content (AvgIpc) is 2.73. The fourth-order valence-electron chi connectivity index (χ4n) is 3.11. The van der Waals surface area contributed by atoms with Crippen LogP contribution in [0.2, 0.25) is 0 Å². The molecule has 0 saturated carbocycles. The molecule has 23 heavy (non-hydrogen) atoms. The van der Waals surface area contributed by atoms with Gasteiger partial charge >= 0.3 is 0 Å². The predicted octanol–water partition coefficient (Wildman–Crippen LogP) is 0.512. The van der Waals surface area contributed by atoms with Gasteiger partial charge in [-0.25, -0.2) is 5.06 Å². The van der Waals surface area contributed by atoms with Crippen molar-refractivity contribution in [3.8, 4) is 0 Å². The molecule has 1 aliphatic heterocycles. The van der Waals surface area contributed by atoms with E-state index < -0.39 is 17.6 Å². The lowest BCUT2D eigenvalue weighted by Gasteiger charge is -2.40. The summed E-state index contributed by atoms with van der Waals surface area (Å²) < 4.78 is 0. The quantitative estimate of drug-likeness (QED) is 0.475. The van der Waals surface area contributed by atoms with Crippen molar-refractivity contribution < 1.29 is 19.5 Å². The topological polar surface area (TPSA) is 96.1 Å². The van der Waals surface area contributed by atoms with E-state index in [0.717, 1.165) is 31.0 Å². The first-order chi connectivity index (χ1) is 10.5. The van der Waals surface area contributed by atoms with Crippen LogP contribution in [-0.2, 0) is 14.4 Å². The first-order valence-corrected chi connectivity index (χ1v) is 8.15. The Morgan fingerprint density at radius 3 is 2.57 bits per heavy atom. The Kier molecular flexibility index (Phi) is 6.56. The normalized spacial score (nSPS) is 24.0.